The number of aromatic hydroxyl groups is 1. The molecule has 0 unspecified atom stereocenters. The van der Waals surface area contributed by atoms with Crippen LogP contribution in [0.1, 0.15) is 61.0 Å². The summed E-state index contributed by atoms with van der Waals surface area (Å²) in [5, 5.41) is 15.9. The molecule has 1 saturated carbocycles. The summed E-state index contributed by atoms with van der Waals surface area (Å²) in [4.78, 5) is 31.9. The van der Waals surface area contributed by atoms with Crippen molar-refractivity contribution in [3.8, 4) is 5.75 Å². The summed E-state index contributed by atoms with van der Waals surface area (Å²) >= 11 is 0. The second kappa shape index (κ2) is 8.07. The molecule has 3 aromatic rings. The van der Waals surface area contributed by atoms with Crippen molar-refractivity contribution >= 4 is 16.9 Å². The lowest BCUT2D eigenvalue weighted by Crippen LogP contribution is -2.40. The quantitative estimate of drug-likeness (QED) is 0.679. The van der Waals surface area contributed by atoms with Gasteiger partial charge in [-0.05, 0) is 56.7 Å². The largest absolute Gasteiger partial charge is 0.503 e. The molecule has 4 heterocycles. The molecule has 1 aliphatic carbocycles. The molecule has 0 aromatic carbocycles. The zero-order valence-electron chi connectivity index (χ0n) is 18.5. The van der Waals surface area contributed by atoms with Gasteiger partial charge in [0.25, 0.3) is 11.3 Å². The third-order valence-corrected chi connectivity index (χ3v) is 7.06. The summed E-state index contributed by atoms with van der Waals surface area (Å²) in [6.07, 6.45) is 12.3. The number of hydrogen-bond acceptors (Lipinski definition) is 5. The van der Waals surface area contributed by atoms with Gasteiger partial charge in [0.05, 0.1) is 18.3 Å². The van der Waals surface area contributed by atoms with E-state index in [1.165, 1.54) is 6.20 Å². The maximum Gasteiger partial charge on any atom is 0.278 e. The SMILES string of the molecule is Cc1cn(C2(Cn3cc(O)c(=O)c(C(=O)N4CCCCC4)n3)CCCC2)c2ncccc12. The van der Waals surface area contributed by atoms with Gasteiger partial charge in [0.1, 0.15) is 5.65 Å². The van der Waals surface area contributed by atoms with Gasteiger partial charge in [-0.15, -0.1) is 0 Å². The molecule has 0 radical (unpaired) electrons. The minimum atomic E-state index is -0.693. The van der Waals surface area contributed by atoms with E-state index in [2.05, 4.69) is 33.8 Å². The first kappa shape index (κ1) is 20.7. The lowest BCUT2D eigenvalue weighted by molar-refractivity contribution is 0.0712. The highest BCUT2D eigenvalue weighted by atomic mass is 16.3. The van der Waals surface area contributed by atoms with E-state index < -0.39 is 11.2 Å². The lowest BCUT2D eigenvalue weighted by atomic mass is 9.97. The van der Waals surface area contributed by atoms with Crippen LogP contribution >= 0.6 is 0 Å². The number of aromatic nitrogens is 4. The van der Waals surface area contributed by atoms with Gasteiger partial charge in [0.15, 0.2) is 11.4 Å². The van der Waals surface area contributed by atoms with Crippen molar-refractivity contribution in [2.75, 3.05) is 13.1 Å². The van der Waals surface area contributed by atoms with Crippen molar-refractivity contribution in [1.82, 2.24) is 24.2 Å². The summed E-state index contributed by atoms with van der Waals surface area (Å²) in [7, 11) is 0. The molecule has 1 amide bonds. The number of pyridine rings is 1. The monoisotopic (exact) mass is 435 g/mol. The third-order valence-electron chi connectivity index (χ3n) is 7.06. The minimum absolute atomic E-state index is 0.188. The maximum absolute atomic E-state index is 13.0. The fourth-order valence-corrected chi connectivity index (χ4v) is 5.38. The van der Waals surface area contributed by atoms with Crippen LogP contribution < -0.4 is 5.43 Å². The zero-order valence-corrected chi connectivity index (χ0v) is 18.5. The lowest BCUT2D eigenvalue weighted by Gasteiger charge is -2.32. The van der Waals surface area contributed by atoms with E-state index in [0.717, 1.165) is 61.5 Å². The average molecular weight is 436 g/mol. The molecule has 3 aromatic heterocycles. The number of carbonyl (C=O) groups is 1. The predicted molar refractivity (Wildman–Crippen MR) is 121 cm³/mol. The van der Waals surface area contributed by atoms with Crippen molar-refractivity contribution in [3.63, 3.8) is 0 Å². The molecule has 2 fully saturated rings. The van der Waals surface area contributed by atoms with E-state index >= 15 is 0 Å². The molecule has 0 spiro atoms. The highest BCUT2D eigenvalue weighted by molar-refractivity contribution is 5.92. The second-order valence-electron chi connectivity index (χ2n) is 9.23. The van der Waals surface area contributed by atoms with E-state index in [9.17, 15) is 14.7 Å². The number of amides is 1. The molecule has 168 valence electrons. The van der Waals surface area contributed by atoms with Crippen LogP contribution in [0.15, 0.2) is 35.5 Å². The van der Waals surface area contributed by atoms with Crippen LogP contribution in [0.3, 0.4) is 0 Å². The summed E-state index contributed by atoms with van der Waals surface area (Å²) in [6, 6.07) is 4.02. The Morgan fingerprint density at radius 1 is 1.12 bits per heavy atom. The molecule has 8 nitrogen and oxygen atoms in total. The Labute approximate surface area is 186 Å². The molecular weight excluding hydrogens is 406 g/mol. The Kier molecular flexibility index (Phi) is 5.23. The van der Waals surface area contributed by atoms with Crippen LogP contribution in [0.25, 0.3) is 11.0 Å². The van der Waals surface area contributed by atoms with Crippen LogP contribution in [-0.4, -0.2) is 48.3 Å². The molecule has 1 N–H and O–H groups in total. The number of fused-ring (bicyclic) bond motifs is 1. The molecule has 2 aliphatic rings. The second-order valence-corrected chi connectivity index (χ2v) is 9.23. The molecule has 32 heavy (non-hydrogen) atoms. The number of aryl methyl sites for hydroxylation is 1. The smallest absolute Gasteiger partial charge is 0.278 e. The molecule has 1 aliphatic heterocycles. The molecule has 0 bridgehead atoms. The topological polar surface area (TPSA) is 93.2 Å². The van der Waals surface area contributed by atoms with E-state index in [0.29, 0.717) is 19.6 Å². The molecule has 8 heteroatoms. The van der Waals surface area contributed by atoms with Crippen LogP contribution in [0.5, 0.6) is 5.75 Å². The first-order valence-corrected chi connectivity index (χ1v) is 11.5. The fraction of sp³-hybridized carbons (Fsp3) is 0.500. The van der Waals surface area contributed by atoms with Crippen molar-refractivity contribution in [1.29, 1.82) is 0 Å². The van der Waals surface area contributed by atoms with Gasteiger partial charge in [-0.2, -0.15) is 5.10 Å². The Bertz CT molecular complexity index is 1220. The summed E-state index contributed by atoms with van der Waals surface area (Å²) in [5.41, 5.74) is 0.937. The van der Waals surface area contributed by atoms with Crippen LogP contribution in [0, 0.1) is 6.92 Å². The Balaban J connectivity index is 1.55. The van der Waals surface area contributed by atoms with Crippen molar-refractivity contribution in [2.24, 2.45) is 0 Å². The Hall–Kier alpha value is -3.16. The number of piperidine rings is 1. The van der Waals surface area contributed by atoms with Gasteiger partial charge in [-0.1, -0.05) is 12.8 Å². The first-order chi connectivity index (χ1) is 15.5. The van der Waals surface area contributed by atoms with Gasteiger partial charge < -0.3 is 14.6 Å². The Morgan fingerprint density at radius 2 is 1.88 bits per heavy atom. The number of nitrogens with zero attached hydrogens (tertiary/aromatic N) is 5. The molecule has 0 atom stereocenters. The van der Waals surface area contributed by atoms with Crippen LogP contribution in [-0.2, 0) is 12.1 Å². The van der Waals surface area contributed by atoms with Gasteiger partial charge in [-0.25, -0.2) is 4.98 Å². The van der Waals surface area contributed by atoms with E-state index in [-0.39, 0.29) is 17.1 Å². The van der Waals surface area contributed by atoms with Gasteiger partial charge in [0.2, 0.25) is 0 Å². The highest BCUT2D eigenvalue weighted by Crippen LogP contribution is 2.40. The summed E-state index contributed by atoms with van der Waals surface area (Å²) in [6.45, 7) is 3.79. The Morgan fingerprint density at radius 3 is 2.62 bits per heavy atom. The standard InChI is InChI=1S/C24H29N5O3/c1-17-14-29(22-18(17)8-7-11-25-22)24(9-3-4-10-24)16-28-15-19(30)21(31)20(26-28)23(32)27-12-5-2-6-13-27/h7-8,11,14-15,30H,2-6,9-10,12-13,16H2,1H3. The molecule has 5 rings (SSSR count). The first-order valence-electron chi connectivity index (χ1n) is 11.5. The molecular formula is C24H29N5O3. The van der Waals surface area contributed by atoms with Crippen LogP contribution in [0.2, 0.25) is 0 Å². The number of carbonyl (C=O) groups excluding carboxylic acids is 1. The number of likely N-dealkylation sites (tertiary alicyclic amines) is 1. The minimum Gasteiger partial charge on any atom is -0.503 e. The van der Waals surface area contributed by atoms with Gasteiger partial charge in [0, 0.05) is 30.9 Å². The van der Waals surface area contributed by atoms with Crippen LogP contribution in [0.4, 0.5) is 0 Å². The van der Waals surface area contributed by atoms with Crippen molar-refractivity contribution in [2.45, 2.75) is 64.0 Å². The third kappa shape index (κ3) is 3.47. The number of hydrogen-bond donors (Lipinski definition) is 1. The maximum atomic E-state index is 13.0. The zero-order chi connectivity index (χ0) is 22.3. The highest BCUT2D eigenvalue weighted by Gasteiger charge is 2.38. The summed E-state index contributed by atoms with van der Waals surface area (Å²) < 4.78 is 3.83. The molecule has 1 saturated heterocycles. The van der Waals surface area contributed by atoms with E-state index in [4.69, 9.17) is 0 Å². The van der Waals surface area contributed by atoms with Crippen molar-refractivity contribution in [3.05, 3.63) is 52.2 Å². The van der Waals surface area contributed by atoms with E-state index in [1.807, 2.05) is 6.07 Å². The fourth-order valence-electron chi connectivity index (χ4n) is 5.38. The van der Waals surface area contributed by atoms with Crippen molar-refractivity contribution < 1.29 is 9.90 Å². The van der Waals surface area contributed by atoms with E-state index in [1.54, 1.807) is 15.8 Å². The average Bonchev–Trinajstić information content (AvgIpc) is 3.42. The summed E-state index contributed by atoms with van der Waals surface area (Å²) in [5.74, 6) is -0.816. The predicted octanol–water partition coefficient (Wildman–Crippen LogP) is 3.20. The van der Waals surface area contributed by atoms with Gasteiger partial charge >= 0.3 is 0 Å². The van der Waals surface area contributed by atoms with Gasteiger partial charge in [-0.3, -0.25) is 14.3 Å². The normalized spacial score (nSPS) is 18.3. The number of rotatable bonds is 4.